The van der Waals surface area contributed by atoms with E-state index in [1.807, 2.05) is 0 Å². The molecule has 0 atom stereocenters. The number of hydrogen-bond donors (Lipinski definition) is 3. The summed E-state index contributed by atoms with van der Waals surface area (Å²) in [6.45, 7) is 0.511. The molecule has 0 bridgehead atoms. The SMILES string of the molecule is CC(=O)c1cc(-c2ncc(F)c(NC(CO)CO)n2)nn1Cc1ccccc1F. The molecule has 3 N–H and O–H groups in total. The van der Waals surface area contributed by atoms with Crippen molar-refractivity contribution in [2.45, 2.75) is 19.5 Å². The maximum Gasteiger partial charge on any atom is 0.183 e. The van der Waals surface area contributed by atoms with Gasteiger partial charge < -0.3 is 15.5 Å². The lowest BCUT2D eigenvalue weighted by Gasteiger charge is -2.14. The lowest BCUT2D eigenvalue weighted by molar-refractivity contribution is 0.100. The molecular weight excluding hydrogens is 384 g/mol. The quantitative estimate of drug-likeness (QED) is 0.490. The van der Waals surface area contributed by atoms with Gasteiger partial charge in [-0.1, -0.05) is 18.2 Å². The normalized spacial score (nSPS) is 11.1. The first kappa shape index (κ1) is 20.5. The Kier molecular flexibility index (Phi) is 6.25. The van der Waals surface area contributed by atoms with Crippen molar-refractivity contribution < 1.29 is 23.8 Å². The molecule has 3 rings (SSSR count). The van der Waals surface area contributed by atoms with Crippen molar-refractivity contribution in [2.75, 3.05) is 18.5 Å². The summed E-state index contributed by atoms with van der Waals surface area (Å²) in [7, 11) is 0. The molecular formula is C19H19F2N5O3. The van der Waals surface area contributed by atoms with Gasteiger partial charge >= 0.3 is 0 Å². The predicted octanol–water partition coefficient (Wildman–Crippen LogP) is 1.63. The topological polar surface area (TPSA) is 113 Å². The molecule has 3 aromatic rings. The van der Waals surface area contributed by atoms with Crippen LogP contribution >= 0.6 is 0 Å². The van der Waals surface area contributed by atoms with Crippen LogP contribution in [0.25, 0.3) is 11.5 Å². The fraction of sp³-hybridized carbons (Fsp3) is 0.263. The molecule has 0 saturated carbocycles. The number of Topliss-reactive ketones (excluding diaryl/α,β-unsaturated/α-hetero) is 1. The second-order valence-corrected chi connectivity index (χ2v) is 6.32. The number of aliphatic hydroxyl groups excluding tert-OH is 2. The molecule has 10 heteroatoms. The monoisotopic (exact) mass is 403 g/mol. The number of halogens is 2. The van der Waals surface area contributed by atoms with Gasteiger partial charge in [0, 0.05) is 12.5 Å². The smallest absolute Gasteiger partial charge is 0.183 e. The molecule has 8 nitrogen and oxygen atoms in total. The number of carbonyl (C=O) groups is 1. The zero-order chi connectivity index (χ0) is 21.0. The summed E-state index contributed by atoms with van der Waals surface area (Å²) in [4.78, 5) is 19.9. The van der Waals surface area contributed by atoms with Crippen molar-refractivity contribution in [1.29, 1.82) is 0 Å². The van der Waals surface area contributed by atoms with Gasteiger partial charge in [0.25, 0.3) is 0 Å². The van der Waals surface area contributed by atoms with Crippen LogP contribution in [0.4, 0.5) is 14.6 Å². The second kappa shape index (κ2) is 8.84. The molecule has 0 aliphatic rings. The van der Waals surface area contributed by atoms with Gasteiger partial charge in [-0.25, -0.2) is 18.7 Å². The minimum atomic E-state index is -0.807. The van der Waals surface area contributed by atoms with E-state index >= 15 is 0 Å². The number of nitrogens with zero attached hydrogens (tertiary/aromatic N) is 4. The lowest BCUT2D eigenvalue weighted by Crippen LogP contribution is -2.28. The van der Waals surface area contributed by atoms with Crippen LogP contribution in [-0.4, -0.2) is 55.0 Å². The lowest BCUT2D eigenvalue weighted by atomic mass is 10.2. The Morgan fingerprint density at radius 1 is 1.21 bits per heavy atom. The highest BCUT2D eigenvalue weighted by Crippen LogP contribution is 2.21. The number of ketones is 1. The Balaban J connectivity index is 1.97. The van der Waals surface area contributed by atoms with Crippen molar-refractivity contribution in [3.05, 3.63) is 59.4 Å². The van der Waals surface area contributed by atoms with Crippen LogP contribution in [0.3, 0.4) is 0 Å². The Morgan fingerprint density at radius 2 is 1.93 bits per heavy atom. The van der Waals surface area contributed by atoms with Crippen LogP contribution in [0.15, 0.2) is 36.5 Å². The fourth-order valence-electron chi connectivity index (χ4n) is 2.65. The van der Waals surface area contributed by atoms with E-state index in [1.54, 1.807) is 18.2 Å². The fourth-order valence-corrected chi connectivity index (χ4v) is 2.65. The third kappa shape index (κ3) is 4.61. The molecule has 2 heterocycles. The number of carbonyl (C=O) groups excluding carboxylic acids is 1. The van der Waals surface area contributed by atoms with Crippen LogP contribution in [0.2, 0.25) is 0 Å². The molecule has 0 unspecified atom stereocenters. The van der Waals surface area contributed by atoms with E-state index in [0.717, 1.165) is 6.20 Å². The summed E-state index contributed by atoms with van der Waals surface area (Å²) in [6.07, 6.45) is 0.916. The summed E-state index contributed by atoms with van der Waals surface area (Å²) in [5, 5.41) is 25.2. The number of anilines is 1. The van der Waals surface area contributed by atoms with E-state index in [9.17, 15) is 13.6 Å². The van der Waals surface area contributed by atoms with Gasteiger partial charge in [-0.15, -0.1) is 0 Å². The van der Waals surface area contributed by atoms with Crippen LogP contribution < -0.4 is 5.32 Å². The maximum atomic E-state index is 14.0. The van der Waals surface area contributed by atoms with Crippen molar-refractivity contribution in [3.8, 4) is 11.5 Å². The molecule has 0 saturated heterocycles. The maximum absolute atomic E-state index is 14.0. The molecule has 2 aromatic heterocycles. The van der Waals surface area contributed by atoms with Gasteiger partial charge in [0.15, 0.2) is 23.2 Å². The highest BCUT2D eigenvalue weighted by molar-refractivity contribution is 5.93. The van der Waals surface area contributed by atoms with E-state index < -0.39 is 30.9 Å². The molecule has 0 spiro atoms. The van der Waals surface area contributed by atoms with E-state index in [0.29, 0.717) is 5.56 Å². The van der Waals surface area contributed by atoms with Crippen molar-refractivity contribution in [3.63, 3.8) is 0 Å². The minimum absolute atomic E-state index is 0.0188. The summed E-state index contributed by atoms with van der Waals surface area (Å²) < 4.78 is 29.3. The molecule has 0 aliphatic heterocycles. The number of aromatic nitrogens is 4. The van der Waals surface area contributed by atoms with E-state index in [4.69, 9.17) is 10.2 Å². The van der Waals surface area contributed by atoms with Gasteiger partial charge in [-0.05, 0) is 12.1 Å². The number of nitrogens with one attached hydrogen (secondary N) is 1. The first-order valence-corrected chi connectivity index (χ1v) is 8.76. The summed E-state index contributed by atoms with van der Waals surface area (Å²) >= 11 is 0. The molecule has 0 amide bonds. The average Bonchev–Trinajstić information content (AvgIpc) is 3.13. The van der Waals surface area contributed by atoms with Crippen LogP contribution in [0, 0.1) is 11.6 Å². The summed E-state index contributed by atoms with van der Waals surface area (Å²) in [6, 6.07) is 6.77. The molecule has 0 radical (unpaired) electrons. The van der Waals surface area contributed by atoms with Crippen molar-refractivity contribution in [1.82, 2.24) is 19.7 Å². The third-order valence-electron chi connectivity index (χ3n) is 4.17. The van der Waals surface area contributed by atoms with Crippen LogP contribution in [0.1, 0.15) is 23.0 Å². The molecule has 29 heavy (non-hydrogen) atoms. The molecule has 0 aliphatic carbocycles. The zero-order valence-electron chi connectivity index (χ0n) is 15.5. The molecule has 0 fully saturated rings. The second-order valence-electron chi connectivity index (χ2n) is 6.32. The van der Waals surface area contributed by atoms with E-state index in [-0.39, 0.29) is 35.4 Å². The number of aliphatic hydroxyl groups is 2. The minimum Gasteiger partial charge on any atom is -0.394 e. The largest absolute Gasteiger partial charge is 0.394 e. The Labute approximate surface area is 164 Å². The van der Waals surface area contributed by atoms with Crippen LogP contribution in [-0.2, 0) is 6.54 Å². The van der Waals surface area contributed by atoms with Gasteiger partial charge in [-0.3, -0.25) is 9.48 Å². The number of benzene rings is 1. The first-order chi connectivity index (χ1) is 13.9. The van der Waals surface area contributed by atoms with E-state index in [1.165, 1.54) is 23.7 Å². The third-order valence-corrected chi connectivity index (χ3v) is 4.17. The average molecular weight is 403 g/mol. The predicted molar refractivity (Wildman–Crippen MR) is 100 cm³/mol. The Bertz CT molecular complexity index is 1020. The highest BCUT2D eigenvalue weighted by Gasteiger charge is 2.18. The highest BCUT2D eigenvalue weighted by atomic mass is 19.1. The first-order valence-electron chi connectivity index (χ1n) is 8.76. The van der Waals surface area contributed by atoms with Gasteiger partial charge in [-0.2, -0.15) is 5.10 Å². The van der Waals surface area contributed by atoms with E-state index in [2.05, 4.69) is 20.4 Å². The summed E-state index contributed by atoms with van der Waals surface area (Å²) in [5.41, 5.74) is 0.758. The standard InChI is InChI=1S/C19H19F2N5O3/c1-11(29)17-6-16(25-26(17)8-12-4-2-3-5-14(12)20)19-22-7-15(21)18(24-19)23-13(9-27)10-28/h2-7,13,27-28H,8-10H2,1H3,(H,22,23,24). The number of rotatable bonds is 8. The Morgan fingerprint density at radius 3 is 2.59 bits per heavy atom. The zero-order valence-corrected chi connectivity index (χ0v) is 15.5. The number of hydrogen-bond acceptors (Lipinski definition) is 7. The van der Waals surface area contributed by atoms with Crippen LogP contribution in [0.5, 0.6) is 0 Å². The Hall–Kier alpha value is -3.24. The van der Waals surface area contributed by atoms with Gasteiger partial charge in [0.1, 0.15) is 17.2 Å². The van der Waals surface area contributed by atoms with Crippen molar-refractivity contribution in [2.24, 2.45) is 0 Å². The van der Waals surface area contributed by atoms with Crippen molar-refractivity contribution >= 4 is 11.6 Å². The molecule has 1 aromatic carbocycles. The summed E-state index contributed by atoms with van der Waals surface area (Å²) in [5.74, 6) is -1.70. The van der Waals surface area contributed by atoms with Gasteiger partial charge in [0.05, 0.1) is 32.0 Å². The molecule has 152 valence electrons. The van der Waals surface area contributed by atoms with Gasteiger partial charge in [0.2, 0.25) is 0 Å².